The normalized spacial score (nSPS) is 16.0. The molecule has 15 heavy (non-hydrogen) atoms. The van der Waals surface area contributed by atoms with Crippen molar-refractivity contribution in [2.75, 3.05) is 47.4 Å². The van der Waals surface area contributed by atoms with Gasteiger partial charge in [0.1, 0.15) is 0 Å². The fraction of sp³-hybridized carbons (Fsp3) is 1.00. The molecule has 0 aromatic carbocycles. The van der Waals surface area contributed by atoms with Gasteiger partial charge in [0.15, 0.2) is 0 Å². The van der Waals surface area contributed by atoms with Crippen molar-refractivity contribution in [1.29, 1.82) is 0 Å². The molecule has 0 amide bonds. The largest absolute Gasteiger partial charge is 0.383 e. The van der Waals surface area contributed by atoms with Crippen molar-refractivity contribution >= 4 is 0 Å². The summed E-state index contributed by atoms with van der Waals surface area (Å²) in [5, 5.41) is 3.52. The second-order valence-corrected chi connectivity index (χ2v) is 4.68. The van der Waals surface area contributed by atoms with Crippen LogP contribution in [0.25, 0.3) is 0 Å². The maximum Gasteiger partial charge on any atom is 0.0659 e. The van der Waals surface area contributed by atoms with E-state index in [1.165, 1.54) is 0 Å². The molecule has 0 aliphatic rings. The highest BCUT2D eigenvalue weighted by Gasteiger charge is 2.31. The third-order valence-electron chi connectivity index (χ3n) is 2.91. The van der Waals surface area contributed by atoms with Gasteiger partial charge in [-0.25, -0.2) is 0 Å². The van der Waals surface area contributed by atoms with Crippen LogP contribution in [0.15, 0.2) is 0 Å². The van der Waals surface area contributed by atoms with Gasteiger partial charge in [-0.1, -0.05) is 13.8 Å². The molecule has 0 aromatic heterocycles. The Morgan fingerprint density at radius 2 is 2.00 bits per heavy atom. The van der Waals surface area contributed by atoms with E-state index in [1.54, 1.807) is 7.11 Å². The minimum absolute atomic E-state index is 0.0925. The van der Waals surface area contributed by atoms with Gasteiger partial charge in [0.05, 0.1) is 12.1 Å². The molecule has 0 saturated carbocycles. The molecule has 0 aliphatic heterocycles. The van der Waals surface area contributed by atoms with Crippen molar-refractivity contribution in [2.24, 2.45) is 11.7 Å². The Bertz CT molecular complexity index is 162. The van der Waals surface area contributed by atoms with Gasteiger partial charge in [-0.15, -0.1) is 0 Å². The number of ether oxygens (including phenoxy) is 1. The van der Waals surface area contributed by atoms with Gasteiger partial charge in [0.25, 0.3) is 0 Å². The van der Waals surface area contributed by atoms with Crippen molar-refractivity contribution < 1.29 is 4.74 Å². The molecule has 0 fully saturated rings. The van der Waals surface area contributed by atoms with Gasteiger partial charge in [-0.3, -0.25) is 0 Å². The summed E-state index contributed by atoms with van der Waals surface area (Å²) in [6.45, 7) is 7.56. The minimum atomic E-state index is -0.0925. The molecule has 4 heteroatoms. The smallest absolute Gasteiger partial charge is 0.0659 e. The predicted octanol–water partition coefficient (Wildman–Crippen LogP) is 0.138. The van der Waals surface area contributed by atoms with Gasteiger partial charge in [-0.2, -0.15) is 0 Å². The Balaban J connectivity index is 4.22. The maximum atomic E-state index is 5.86. The molecule has 0 rings (SSSR count). The quantitative estimate of drug-likeness (QED) is 0.607. The molecule has 0 aromatic rings. The van der Waals surface area contributed by atoms with E-state index in [2.05, 4.69) is 38.2 Å². The van der Waals surface area contributed by atoms with E-state index >= 15 is 0 Å². The zero-order valence-corrected chi connectivity index (χ0v) is 10.8. The molecule has 4 nitrogen and oxygen atoms in total. The van der Waals surface area contributed by atoms with Crippen molar-refractivity contribution in [3.05, 3.63) is 0 Å². The highest BCUT2D eigenvalue weighted by Crippen LogP contribution is 2.15. The monoisotopic (exact) mass is 217 g/mol. The molecule has 0 bridgehead atoms. The summed E-state index contributed by atoms with van der Waals surface area (Å²) < 4.78 is 5.26. The predicted molar refractivity (Wildman–Crippen MR) is 65.1 cm³/mol. The van der Waals surface area contributed by atoms with Gasteiger partial charge >= 0.3 is 0 Å². The highest BCUT2D eigenvalue weighted by atomic mass is 16.5. The molecular weight excluding hydrogens is 190 g/mol. The third kappa shape index (κ3) is 4.93. The van der Waals surface area contributed by atoms with Crippen LogP contribution in [0.4, 0.5) is 0 Å². The van der Waals surface area contributed by atoms with Gasteiger partial charge in [-0.05, 0) is 20.0 Å². The number of nitrogens with one attached hydrogen (secondary N) is 1. The van der Waals surface area contributed by atoms with Gasteiger partial charge in [0.2, 0.25) is 0 Å². The van der Waals surface area contributed by atoms with E-state index in [1.807, 2.05) is 0 Å². The summed E-state index contributed by atoms with van der Waals surface area (Å²) >= 11 is 0. The molecule has 0 heterocycles. The second kappa shape index (κ2) is 7.17. The van der Waals surface area contributed by atoms with E-state index in [0.717, 1.165) is 13.1 Å². The van der Waals surface area contributed by atoms with Crippen LogP contribution >= 0.6 is 0 Å². The lowest BCUT2D eigenvalue weighted by Gasteiger charge is -2.37. The summed E-state index contributed by atoms with van der Waals surface area (Å²) in [7, 11) is 5.86. The Labute approximate surface area is 94.2 Å². The Hall–Kier alpha value is -0.160. The Kier molecular flexibility index (Phi) is 7.09. The third-order valence-corrected chi connectivity index (χ3v) is 2.91. The number of rotatable bonds is 8. The lowest BCUT2D eigenvalue weighted by atomic mass is 9.87. The molecule has 3 N–H and O–H groups in total. The van der Waals surface area contributed by atoms with Crippen LogP contribution in [-0.4, -0.2) is 57.9 Å². The van der Waals surface area contributed by atoms with Crippen LogP contribution in [-0.2, 0) is 4.74 Å². The van der Waals surface area contributed by atoms with E-state index in [9.17, 15) is 0 Å². The SMILES string of the molecule is COCC(CN)(NCCN(C)C)C(C)C. The summed E-state index contributed by atoms with van der Waals surface area (Å²) in [5.74, 6) is 0.463. The zero-order chi connectivity index (χ0) is 11.9. The first kappa shape index (κ1) is 14.8. The molecular formula is C11H27N3O. The van der Waals surface area contributed by atoms with Gasteiger partial charge in [0, 0.05) is 26.7 Å². The van der Waals surface area contributed by atoms with Crippen molar-refractivity contribution in [2.45, 2.75) is 19.4 Å². The molecule has 0 saturated heterocycles. The van der Waals surface area contributed by atoms with Crippen molar-refractivity contribution in [3.63, 3.8) is 0 Å². The lowest BCUT2D eigenvalue weighted by Crippen LogP contribution is -2.59. The first-order valence-electron chi connectivity index (χ1n) is 5.57. The summed E-state index contributed by atoms with van der Waals surface area (Å²) in [5.41, 5.74) is 5.76. The Morgan fingerprint density at radius 3 is 2.33 bits per heavy atom. The average Bonchev–Trinajstić information content (AvgIpc) is 2.15. The van der Waals surface area contributed by atoms with Crippen LogP contribution in [0.1, 0.15) is 13.8 Å². The number of nitrogens with zero attached hydrogens (tertiary/aromatic N) is 1. The topological polar surface area (TPSA) is 50.5 Å². The molecule has 1 unspecified atom stereocenters. The average molecular weight is 217 g/mol. The number of nitrogens with two attached hydrogens (primary N) is 1. The van der Waals surface area contributed by atoms with Gasteiger partial charge < -0.3 is 20.7 Å². The minimum Gasteiger partial charge on any atom is -0.383 e. The molecule has 0 radical (unpaired) electrons. The number of likely N-dealkylation sites (N-methyl/N-ethyl adjacent to an activating group) is 1. The van der Waals surface area contributed by atoms with Crippen LogP contribution in [0.2, 0.25) is 0 Å². The molecule has 0 spiro atoms. The van der Waals surface area contributed by atoms with Crippen LogP contribution < -0.4 is 11.1 Å². The van der Waals surface area contributed by atoms with E-state index in [0.29, 0.717) is 19.1 Å². The molecule has 1 atom stereocenters. The Morgan fingerprint density at radius 1 is 1.40 bits per heavy atom. The molecule has 0 aliphatic carbocycles. The zero-order valence-electron chi connectivity index (χ0n) is 10.8. The lowest BCUT2D eigenvalue weighted by molar-refractivity contribution is 0.0819. The van der Waals surface area contributed by atoms with E-state index in [4.69, 9.17) is 10.5 Å². The van der Waals surface area contributed by atoms with Crippen molar-refractivity contribution in [3.8, 4) is 0 Å². The summed E-state index contributed by atoms with van der Waals surface area (Å²) in [6.07, 6.45) is 0. The first-order valence-corrected chi connectivity index (χ1v) is 5.57. The number of methoxy groups -OCH3 is 1. The fourth-order valence-corrected chi connectivity index (χ4v) is 1.57. The molecule has 92 valence electrons. The van der Waals surface area contributed by atoms with Crippen molar-refractivity contribution in [1.82, 2.24) is 10.2 Å². The van der Waals surface area contributed by atoms with E-state index in [-0.39, 0.29) is 5.54 Å². The van der Waals surface area contributed by atoms with Crippen LogP contribution in [0, 0.1) is 5.92 Å². The van der Waals surface area contributed by atoms with Crippen LogP contribution in [0.3, 0.4) is 0 Å². The number of hydrogen-bond acceptors (Lipinski definition) is 4. The van der Waals surface area contributed by atoms with Crippen LogP contribution in [0.5, 0.6) is 0 Å². The van der Waals surface area contributed by atoms with E-state index < -0.39 is 0 Å². The summed E-state index contributed by atoms with van der Waals surface area (Å²) in [6, 6.07) is 0. The standard InChI is InChI=1S/C11H27N3O/c1-10(2)11(8-12,9-15-5)13-6-7-14(3)4/h10,13H,6-9,12H2,1-5H3. The first-order chi connectivity index (χ1) is 6.98. The number of hydrogen-bond donors (Lipinski definition) is 2. The summed E-state index contributed by atoms with van der Waals surface area (Å²) in [4.78, 5) is 2.15. The maximum absolute atomic E-state index is 5.86. The second-order valence-electron chi connectivity index (χ2n) is 4.68. The highest BCUT2D eigenvalue weighted by molar-refractivity contribution is 4.92. The fourth-order valence-electron chi connectivity index (χ4n) is 1.57.